The van der Waals surface area contributed by atoms with Gasteiger partial charge in [0.15, 0.2) is 18.9 Å². The summed E-state index contributed by atoms with van der Waals surface area (Å²) in [6, 6.07) is 18.9. The van der Waals surface area contributed by atoms with Crippen LogP contribution in [0.4, 0.5) is 4.39 Å². The van der Waals surface area contributed by atoms with E-state index in [0.717, 1.165) is 27.3 Å². The first-order valence-corrected chi connectivity index (χ1v) is 8.19. The third-order valence-electron chi connectivity index (χ3n) is 3.69. The average Bonchev–Trinajstić information content (AvgIpc) is 3.00. The number of thiazole rings is 1. The van der Waals surface area contributed by atoms with E-state index < -0.39 is 0 Å². The van der Waals surface area contributed by atoms with Crippen LogP contribution in [0.2, 0.25) is 0 Å². The highest BCUT2D eigenvalue weighted by Crippen LogP contribution is 2.29. The average molecular weight is 321 g/mol. The van der Waals surface area contributed by atoms with Gasteiger partial charge in [0.25, 0.3) is 0 Å². The predicted octanol–water partition coefficient (Wildman–Crippen LogP) is 4.44. The smallest absolute Gasteiger partial charge is 0.196 e. The molecule has 2 aromatic heterocycles. The third kappa shape index (κ3) is 2.98. The second-order valence-electron chi connectivity index (χ2n) is 5.38. The van der Waals surface area contributed by atoms with Crippen molar-refractivity contribution in [3.63, 3.8) is 0 Å². The van der Waals surface area contributed by atoms with Crippen LogP contribution in [0.1, 0.15) is 5.56 Å². The van der Waals surface area contributed by atoms with Crippen LogP contribution in [0.25, 0.3) is 20.8 Å². The molecule has 112 valence electrons. The zero-order valence-electron chi connectivity index (χ0n) is 12.3. The molecular weight excluding hydrogens is 307 g/mol. The molecule has 0 saturated heterocycles. The Bertz CT molecular complexity index is 946. The lowest BCUT2D eigenvalue weighted by Gasteiger charge is -1.96. The van der Waals surface area contributed by atoms with Crippen molar-refractivity contribution in [1.82, 2.24) is 4.98 Å². The Balaban J connectivity index is 1.68. The van der Waals surface area contributed by atoms with E-state index in [0.29, 0.717) is 0 Å². The second kappa shape index (κ2) is 5.89. The Morgan fingerprint density at radius 1 is 0.957 bits per heavy atom. The van der Waals surface area contributed by atoms with E-state index in [9.17, 15) is 4.39 Å². The van der Waals surface area contributed by atoms with Crippen molar-refractivity contribution in [3.8, 4) is 10.6 Å². The first-order valence-electron chi connectivity index (χ1n) is 7.37. The van der Waals surface area contributed by atoms with Gasteiger partial charge in [0, 0.05) is 17.2 Å². The molecule has 0 radical (unpaired) electrons. The standard InChI is InChI=1S/C19H14FN2S/c20-16-8-6-15(7-9-16)19-21-17-13-22(11-10-18(17)23-19)12-14-4-2-1-3-5-14/h1-11,13H,12H2/q+1. The number of hydrogen-bond acceptors (Lipinski definition) is 2. The molecule has 2 nitrogen and oxygen atoms in total. The van der Waals surface area contributed by atoms with Crippen LogP contribution in [-0.2, 0) is 6.54 Å². The van der Waals surface area contributed by atoms with Gasteiger partial charge in [0.1, 0.15) is 16.3 Å². The van der Waals surface area contributed by atoms with E-state index in [4.69, 9.17) is 4.98 Å². The summed E-state index contributed by atoms with van der Waals surface area (Å²) < 4.78 is 16.3. The van der Waals surface area contributed by atoms with Gasteiger partial charge in [0.05, 0.1) is 4.70 Å². The molecular formula is C19H14FN2S+. The fourth-order valence-corrected chi connectivity index (χ4v) is 3.47. The maximum Gasteiger partial charge on any atom is 0.196 e. The van der Waals surface area contributed by atoms with Crippen molar-refractivity contribution >= 4 is 21.6 Å². The summed E-state index contributed by atoms with van der Waals surface area (Å²) >= 11 is 1.62. The normalized spacial score (nSPS) is 11.0. The van der Waals surface area contributed by atoms with E-state index in [1.165, 1.54) is 17.7 Å². The SMILES string of the molecule is Fc1ccc(-c2nc3c[n+](Cc4ccccc4)ccc3s2)cc1. The molecule has 23 heavy (non-hydrogen) atoms. The molecule has 0 fully saturated rings. The Kier molecular flexibility index (Phi) is 3.60. The molecule has 0 aliphatic carbocycles. The summed E-state index contributed by atoms with van der Waals surface area (Å²) in [5.74, 6) is -0.226. The number of halogens is 1. The van der Waals surface area contributed by atoms with Gasteiger partial charge in [-0.2, -0.15) is 4.57 Å². The highest BCUT2D eigenvalue weighted by Gasteiger charge is 2.11. The van der Waals surface area contributed by atoms with Gasteiger partial charge in [-0.05, 0) is 24.3 Å². The fraction of sp³-hybridized carbons (Fsp3) is 0.0526. The minimum atomic E-state index is -0.226. The molecule has 0 aliphatic rings. The molecule has 0 aliphatic heterocycles. The topological polar surface area (TPSA) is 16.8 Å². The molecule has 0 bridgehead atoms. The minimum absolute atomic E-state index is 0.226. The molecule has 0 N–H and O–H groups in total. The van der Waals surface area contributed by atoms with Crippen LogP contribution in [-0.4, -0.2) is 4.98 Å². The summed E-state index contributed by atoms with van der Waals surface area (Å²) in [6.07, 6.45) is 4.13. The minimum Gasteiger partial charge on any atom is -0.230 e. The van der Waals surface area contributed by atoms with Gasteiger partial charge >= 0.3 is 0 Å². The number of hydrogen-bond donors (Lipinski definition) is 0. The fourth-order valence-electron chi connectivity index (χ4n) is 2.53. The zero-order chi connectivity index (χ0) is 15.6. The Labute approximate surface area is 137 Å². The number of pyridine rings is 1. The number of rotatable bonds is 3. The van der Waals surface area contributed by atoms with Gasteiger partial charge in [-0.25, -0.2) is 9.37 Å². The van der Waals surface area contributed by atoms with E-state index in [1.54, 1.807) is 23.5 Å². The molecule has 0 unspecified atom stereocenters. The monoisotopic (exact) mass is 321 g/mol. The summed E-state index contributed by atoms with van der Waals surface area (Å²) in [7, 11) is 0. The van der Waals surface area contributed by atoms with E-state index in [2.05, 4.69) is 35.2 Å². The van der Waals surface area contributed by atoms with Gasteiger partial charge < -0.3 is 0 Å². The number of nitrogens with zero attached hydrogens (tertiary/aromatic N) is 2. The van der Waals surface area contributed by atoms with Crippen molar-refractivity contribution in [2.45, 2.75) is 6.54 Å². The summed E-state index contributed by atoms with van der Waals surface area (Å²) in [5, 5.41) is 0.914. The van der Waals surface area contributed by atoms with Crippen LogP contribution >= 0.6 is 11.3 Å². The van der Waals surface area contributed by atoms with Crippen molar-refractivity contribution in [3.05, 3.63) is 84.4 Å². The van der Waals surface area contributed by atoms with E-state index in [1.807, 2.05) is 18.2 Å². The summed E-state index contributed by atoms with van der Waals surface area (Å²) in [4.78, 5) is 4.69. The maximum absolute atomic E-state index is 13.0. The van der Waals surface area contributed by atoms with Crippen LogP contribution in [0.15, 0.2) is 73.1 Å². The van der Waals surface area contributed by atoms with Crippen LogP contribution in [0.3, 0.4) is 0 Å². The largest absolute Gasteiger partial charge is 0.230 e. The van der Waals surface area contributed by atoms with E-state index >= 15 is 0 Å². The first kappa shape index (κ1) is 14.0. The lowest BCUT2D eigenvalue weighted by Crippen LogP contribution is -2.33. The lowest BCUT2D eigenvalue weighted by atomic mass is 10.2. The molecule has 4 rings (SSSR count). The first-order chi connectivity index (χ1) is 11.3. The number of fused-ring (bicyclic) bond motifs is 1. The third-order valence-corrected chi connectivity index (χ3v) is 4.77. The van der Waals surface area contributed by atoms with Crippen LogP contribution in [0.5, 0.6) is 0 Å². The van der Waals surface area contributed by atoms with Crippen molar-refractivity contribution in [2.75, 3.05) is 0 Å². The van der Waals surface area contributed by atoms with E-state index in [-0.39, 0.29) is 5.82 Å². The Morgan fingerprint density at radius 2 is 1.74 bits per heavy atom. The molecule has 2 aromatic carbocycles. The summed E-state index contributed by atoms with van der Waals surface area (Å²) in [5.41, 5.74) is 3.17. The van der Waals surface area contributed by atoms with Crippen molar-refractivity contribution in [1.29, 1.82) is 0 Å². The molecule has 4 aromatic rings. The molecule has 0 spiro atoms. The van der Waals surface area contributed by atoms with Crippen molar-refractivity contribution < 1.29 is 8.96 Å². The second-order valence-corrected chi connectivity index (χ2v) is 6.41. The Hall–Kier alpha value is -2.59. The van der Waals surface area contributed by atoms with Gasteiger partial charge in [-0.15, -0.1) is 11.3 Å². The molecule has 0 saturated carbocycles. The highest BCUT2D eigenvalue weighted by molar-refractivity contribution is 7.21. The number of aromatic nitrogens is 2. The molecule has 4 heteroatoms. The van der Waals surface area contributed by atoms with Gasteiger partial charge in [-0.3, -0.25) is 0 Å². The van der Waals surface area contributed by atoms with Crippen molar-refractivity contribution in [2.24, 2.45) is 0 Å². The van der Waals surface area contributed by atoms with Crippen LogP contribution < -0.4 is 4.57 Å². The predicted molar refractivity (Wildman–Crippen MR) is 90.8 cm³/mol. The Morgan fingerprint density at radius 3 is 2.52 bits per heavy atom. The van der Waals surface area contributed by atoms with Gasteiger partial charge in [0.2, 0.25) is 0 Å². The molecule has 0 atom stereocenters. The summed E-state index contributed by atoms with van der Waals surface area (Å²) in [6.45, 7) is 0.820. The lowest BCUT2D eigenvalue weighted by molar-refractivity contribution is -0.687. The number of benzene rings is 2. The zero-order valence-corrected chi connectivity index (χ0v) is 13.1. The highest BCUT2D eigenvalue weighted by atomic mass is 32.1. The molecule has 2 heterocycles. The van der Waals surface area contributed by atoms with Crippen LogP contribution in [0, 0.1) is 5.82 Å². The maximum atomic E-state index is 13.0. The van der Waals surface area contributed by atoms with Gasteiger partial charge in [-0.1, -0.05) is 30.3 Å². The molecule has 0 amide bonds. The quantitative estimate of drug-likeness (QED) is 0.510.